The van der Waals surface area contributed by atoms with Gasteiger partial charge in [-0.2, -0.15) is 15.6 Å². The molecular weight excluding hydrogens is 318 g/mol. The van der Waals surface area contributed by atoms with Crippen molar-refractivity contribution in [3.8, 4) is 0 Å². The maximum absolute atomic E-state index is 12.5. The van der Waals surface area contributed by atoms with Crippen LogP contribution in [-0.4, -0.2) is 24.9 Å². The average molecular weight is 332 g/mol. The van der Waals surface area contributed by atoms with Crippen LogP contribution in [0.3, 0.4) is 0 Å². The van der Waals surface area contributed by atoms with Gasteiger partial charge in [0.15, 0.2) is 0 Å². The van der Waals surface area contributed by atoms with Crippen LogP contribution in [0.2, 0.25) is 5.02 Å². The summed E-state index contributed by atoms with van der Waals surface area (Å²) in [6, 6.07) is 6.36. The summed E-state index contributed by atoms with van der Waals surface area (Å²) in [5.74, 6) is 0. The highest BCUT2D eigenvalue weighted by Crippen LogP contribution is 2.26. The van der Waals surface area contributed by atoms with Crippen molar-refractivity contribution in [2.45, 2.75) is 18.0 Å². The van der Waals surface area contributed by atoms with Crippen LogP contribution in [-0.2, 0) is 23.2 Å². The second-order valence-electron chi connectivity index (χ2n) is 4.32. The van der Waals surface area contributed by atoms with E-state index in [0.29, 0.717) is 5.56 Å². The number of halogens is 1. The number of thiophene rings is 1. The predicted octanol–water partition coefficient (Wildman–Crippen LogP) is 2.71. The Bertz CT molecular complexity index is 684. The largest absolute Gasteiger partial charge is 0.392 e. The van der Waals surface area contributed by atoms with Gasteiger partial charge >= 0.3 is 0 Å². The molecule has 0 amide bonds. The molecule has 0 fully saturated rings. The first kappa shape index (κ1) is 15.5. The Morgan fingerprint density at radius 1 is 1.30 bits per heavy atom. The maximum Gasteiger partial charge on any atom is 0.244 e. The molecule has 0 saturated heterocycles. The van der Waals surface area contributed by atoms with Gasteiger partial charge in [-0.1, -0.05) is 17.7 Å². The van der Waals surface area contributed by atoms with Gasteiger partial charge in [-0.15, -0.1) is 0 Å². The first-order valence-corrected chi connectivity index (χ1v) is 8.58. The summed E-state index contributed by atoms with van der Waals surface area (Å²) in [5, 5.41) is 13.1. The Morgan fingerprint density at radius 2 is 2.05 bits per heavy atom. The number of nitrogens with zero attached hydrogens (tertiary/aromatic N) is 1. The zero-order valence-electron chi connectivity index (χ0n) is 10.8. The van der Waals surface area contributed by atoms with Gasteiger partial charge < -0.3 is 5.11 Å². The Balaban J connectivity index is 2.34. The molecule has 0 saturated carbocycles. The smallest absolute Gasteiger partial charge is 0.244 e. The summed E-state index contributed by atoms with van der Waals surface area (Å²) in [4.78, 5) is 0.0171. The molecule has 0 aliphatic carbocycles. The molecule has 0 spiro atoms. The van der Waals surface area contributed by atoms with Crippen LogP contribution in [0, 0.1) is 0 Å². The van der Waals surface area contributed by atoms with Crippen LogP contribution < -0.4 is 0 Å². The zero-order chi connectivity index (χ0) is 14.8. The molecule has 1 heterocycles. The summed E-state index contributed by atoms with van der Waals surface area (Å²) in [7, 11) is -2.17. The number of hydrogen-bond donors (Lipinski definition) is 1. The van der Waals surface area contributed by atoms with Crippen molar-refractivity contribution in [2.24, 2.45) is 0 Å². The van der Waals surface area contributed by atoms with Gasteiger partial charge in [0.05, 0.1) is 11.6 Å². The molecule has 7 heteroatoms. The molecule has 0 bridgehead atoms. The lowest BCUT2D eigenvalue weighted by Crippen LogP contribution is -2.26. The molecule has 4 nitrogen and oxygen atoms in total. The van der Waals surface area contributed by atoms with Crippen molar-refractivity contribution in [3.63, 3.8) is 0 Å². The van der Waals surface area contributed by atoms with E-state index in [0.717, 1.165) is 5.56 Å². The Hall–Kier alpha value is -0.920. The molecular formula is C13H14ClNO3S2. The van der Waals surface area contributed by atoms with Gasteiger partial charge in [0, 0.05) is 13.6 Å². The quantitative estimate of drug-likeness (QED) is 0.916. The highest BCUT2D eigenvalue weighted by Gasteiger charge is 2.24. The van der Waals surface area contributed by atoms with Crippen LogP contribution in [0.1, 0.15) is 11.1 Å². The molecule has 0 aliphatic rings. The highest BCUT2D eigenvalue weighted by atomic mass is 35.5. The number of hydrogen-bond acceptors (Lipinski definition) is 4. The predicted molar refractivity (Wildman–Crippen MR) is 80.3 cm³/mol. The lowest BCUT2D eigenvalue weighted by Gasteiger charge is -2.18. The second-order valence-corrected chi connectivity index (χ2v) is 7.52. The van der Waals surface area contributed by atoms with E-state index in [1.54, 1.807) is 6.07 Å². The van der Waals surface area contributed by atoms with E-state index in [-0.39, 0.29) is 23.1 Å². The molecule has 1 aromatic heterocycles. The first-order valence-electron chi connectivity index (χ1n) is 5.82. The van der Waals surface area contributed by atoms with Gasteiger partial charge in [-0.05, 0) is 40.1 Å². The minimum atomic E-state index is -3.68. The zero-order valence-corrected chi connectivity index (χ0v) is 13.2. The summed E-state index contributed by atoms with van der Waals surface area (Å²) in [5.41, 5.74) is 1.44. The van der Waals surface area contributed by atoms with E-state index < -0.39 is 10.0 Å². The highest BCUT2D eigenvalue weighted by molar-refractivity contribution is 7.89. The lowest BCUT2D eigenvalue weighted by atomic mass is 10.2. The van der Waals surface area contributed by atoms with E-state index in [2.05, 4.69) is 0 Å². The SMILES string of the molecule is CN(Cc1ccsc1)S(=O)(=O)c1cc(CO)ccc1Cl. The third kappa shape index (κ3) is 3.21. The van der Waals surface area contributed by atoms with E-state index in [9.17, 15) is 8.42 Å². The Kier molecular flexibility index (Phi) is 4.82. The van der Waals surface area contributed by atoms with E-state index in [1.165, 1.54) is 34.8 Å². The molecule has 1 N–H and O–H groups in total. The summed E-state index contributed by atoms with van der Waals surface area (Å²) in [6.07, 6.45) is 0. The van der Waals surface area contributed by atoms with Gasteiger partial charge in [0.2, 0.25) is 10.0 Å². The van der Waals surface area contributed by atoms with Crippen LogP contribution in [0.5, 0.6) is 0 Å². The van der Waals surface area contributed by atoms with Crippen LogP contribution in [0.25, 0.3) is 0 Å². The average Bonchev–Trinajstić information content (AvgIpc) is 2.92. The van der Waals surface area contributed by atoms with Gasteiger partial charge in [-0.3, -0.25) is 0 Å². The summed E-state index contributed by atoms with van der Waals surface area (Å²) >= 11 is 7.49. The molecule has 0 unspecified atom stereocenters. The second kappa shape index (κ2) is 6.24. The Labute approximate surface area is 127 Å². The molecule has 0 aliphatic heterocycles. The minimum Gasteiger partial charge on any atom is -0.392 e. The number of aliphatic hydroxyl groups excluding tert-OH is 1. The minimum absolute atomic E-state index is 0.0171. The van der Waals surface area contributed by atoms with E-state index in [4.69, 9.17) is 16.7 Å². The fraction of sp³-hybridized carbons (Fsp3) is 0.231. The molecule has 0 radical (unpaired) electrons. The van der Waals surface area contributed by atoms with E-state index in [1.807, 2.05) is 16.8 Å². The molecule has 108 valence electrons. The number of sulfonamides is 1. The lowest BCUT2D eigenvalue weighted by molar-refractivity contribution is 0.281. The molecule has 2 aromatic rings. The van der Waals surface area contributed by atoms with Gasteiger partial charge in [0.1, 0.15) is 4.90 Å². The standard InChI is InChI=1S/C13H14ClNO3S2/c1-15(7-11-4-5-19-9-11)20(17,18)13-6-10(8-16)2-3-12(13)14/h2-6,9,16H,7-8H2,1H3. The van der Waals surface area contributed by atoms with Gasteiger partial charge in [-0.25, -0.2) is 8.42 Å². The number of aliphatic hydroxyl groups is 1. The number of benzene rings is 1. The van der Waals surface area contributed by atoms with Gasteiger partial charge in [0.25, 0.3) is 0 Å². The molecule has 2 rings (SSSR count). The van der Waals surface area contributed by atoms with Crippen molar-refractivity contribution >= 4 is 33.0 Å². The van der Waals surface area contributed by atoms with Crippen molar-refractivity contribution in [1.82, 2.24) is 4.31 Å². The maximum atomic E-state index is 12.5. The third-order valence-corrected chi connectivity index (χ3v) is 5.87. The van der Waals surface area contributed by atoms with Crippen molar-refractivity contribution in [2.75, 3.05) is 7.05 Å². The van der Waals surface area contributed by atoms with Crippen molar-refractivity contribution < 1.29 is 13.5 Å². The number of rotatable bonds is 5. The fourth-order valence-corrected chi connectivity index (χ4v) is 4.08. The van der Waals surface area contributed by atoms with Crippen molar-refractivity contribution in [1.29, 1.82) is 0 Å². The fourth-order valence-electron chi connectivity index (χ4n) is 1.74. The topological polar surface area (TPSA) is 57.6 Å². The van der Waals surface area contributed by atoms with Crippen molar-refractivity contribution in [3.05, 3.63) is 51.2 Å². The van der Waals surface area contributed by atoms with E-state index >= 15 is 0 Å². The van der Waals surface area contributed by atoms with Crippen LogP contribution in [0.15, 0.2) is 39.9 Å². The first-order chi connectivity index (χ1) is 9.45. The Morgan fingerprint density at radius 3 is 2.65 bits per heavy atom. The molecule has 20 heavy (non-hydrogen) atoms. The normalized spacial score (nSPS) is 12.0. The monoisotopic (exact) mass is 331 g/mol. The van der Waals surface area contributed by atoms with Crippen LogP contribution in [0.4, 0.5) is 0 Å². The van der Waals surface area contributed by atoms with Crippen LogP contribution >= 0.6 is 22.9 Å². The summed E-state index contributed by atoms with van der Waals surface area (Å²) in [6.45, 7) is 0.0550. The molecule has 0 atom stereocenters. The summed E-state index contributed by atoms with van der Waals surface area (Å²) < 4.78 is 26.3. The third-order valence-electron chi connectivity index (χ3n) is 2.85. The molecule has 1 aromatic carbocycles.